The summed E-state index contributed by atoms with van der Waals surface area (Å²) in [5.74, 6) is -0.788. The summed E-state index contributed by atoms with van der Waals surface area (Å²) in [5, 5.41) is 3.24. The first-order valence-corrected chi connectivity index (χ1v) is 11.8. The van der Waals surface area contributed by atoms with Crippen LogP contribution in [0.1, 0.15) is 11.1 Å². The summed E-state index contributed by atoms with van der Waals surface area (Å²) in [4.78, 5) is 27.3. The normalized spacial score (nSPS) is 15.3. The molecular weight excluding hydrogens is 519 g/mol. The highest BCUT2D eigenvalue weighted by Gasteiger charge is 2.32. The van der Waals surface area contributed by atoms with E-state index < -0.39 is 17.6 Å². The van der Waals surface area contributed by atoms with E-state index in [1.165, 1.54) is 16.7 Å². The Balaban J connectivity index is 1.61. The highest BCUT2D eigenvalue weighted by atomic mass is 35.5. The Morgan fingerprint density at radius 3 is 2.69 bits per heavy atom. The number of carbonyl (C=O) groups excluding carboxylic acids is 2. The van der Waals surface area contributed by atoms with E-state index in [4.69, 9.17) is 23.8 Å². The second-order valence-electron chi connectivity index (χ2n) is 7.55. The van der Waals surface area contributed by atoms with Crippen LogP contribution in [0.3, 0.4) is 0 Å². The molecule has 1 aromatic heterocycles. The SMILES string of the molecule is C=CCN1C(=O)C(=Cc2cn(CC(=O)Nc3cc(C(F)(F)F)ccc3Cl)c3ccccc23)SC1=S. The lowest BCUT2D eigenvalue weighted by Gasteiger charge is -2.12. The van der Waals surface area contributed by atoms with Crippen molar-refractivity contribution in [3.05, 3.63) is 82.4 Å². The van der Waals surface area contributed by atoms with E-state index in [0.717, 1.165) is 23.6 Å². The molecule has 0 bridgehead atoms. The number of aromatic nitrogens is 1. The molecule has 0 atom stereocenters. The van der Waals surface area contributed by atoms with Crippen molar-refractivity contribution in [2.45, 2.75) is 12.7 Å². The molecule has 3 aromatic rings. The van der Waals surface area contributed by atoms with Gasteiger partial charge >= 0.3 is 6.18 Å². The number of thiocarbonyl (C=S) groups is 1. The number of anilines is 1. The molecule has 4 rings (SSSR count). The number of halogens is 4. The highest BCUT2D eigenvalue weighted by Crippen LogP contribution is 2.35. The fraction of sp³-hybridized carbons (Fsp3) is 0.125. The zero-order valence-corrected chi connectivity index (χ0v) is 20.3. The molecule has 1 N–H and O–H groups in total. The summed E-state index contributed by atoms with van der Waals surface area (Å²) in [6.45, 7) is 3.76. The van der Waals surface area contributed by atoms with Crippen molar-refractivity contribution < 1.29 is 22.8 Å². The minimum atomic E-state index is -4.57. The van der Waals surface area contributed by atoms with Crippen molar-refractivity contribution in [1.29, 1.82) is 0 Å². The molecule has 2 amide bonds. The van der Waals surface area contributed by atoms with E-state index >= 15 is 0 Å². The molecule has 1 aliphatic rings. The quantitative estimate of drug-likeness (QED) is 0.227. The third kappa shape index (κ3) is 5.29. The van der Waals surface area contributed by atoms with Gasteiger partial charge in [0.1, 0.15) is 10.9 Å². The number of thioether (sulfide) groups is 1. The molecule has 11 heteroatoms. The number of benzene rings is 2. The van der Waals surface area contributed by atoms with Crippen LogP contribution in [0.4, 0.5) is 18.9 Å². The monoisotopic (exact) mass is 535 g/mol. The number of fused-ring (bicyclic) bond motifs is 1. The number of hydrogen-bond donors (Lipinski definition) is 1. The molecule has 2 aromatic carbocycles. The standard InChI is InChI=1S/C24H17ClF3N3O2S2/c1-2-9-31-22(33)20(35-23(31)34)10-14-12-30(19-6-4-3-5-16(14)19)13-21(32)29-18-11-15(24(26,27)28)7-8-17(18)25/h2-8,10-12H,1,9,13H2,(H,29,32). The van der Waals surface area contributed by atoms with E-state index in [1.54, 1.807) is 35.0 Å². The summed E-state index contributed by atoms with van der Waals surface area (Å²) in [6, 6.07) is 10.0. The minimum Gasteiger partial charge on any atom is -0.337 e. The summed E-state index contributed by atoms with van der Waals surface area (Å²) < 4.78 is 41.2. The summed E-state index contributed by atoms with van der Waals surface area (Å²) in [5.41, 5.74) is 0.365. The average Bonchev–Trinajstić information content (AvgIpc) is 3.27. The van der Waals surface area contributed by atoms with E-state index in [1.807, 2.05) is 12.1 Å². The Hall–Kier alpha value is -3.08. The van der Waals surface area contributed by atoms with Crippen molar-refractivity contribution >= 4 is 74.4 Å². The molecule has 0 spiro atoms. The number of hydrogen-bond acceptors (Lipinski definition) is 4. The summed E-state index contributed by atoms with van der Waals surface area (Å²) in [7, 11) is 0. The molecule has 2 heterocycles. The number of nitrogens with one attached hydrogen (secondary N) is 1. The fourth-order valence-electron chi connectivity index (χ4n) is 3.59. The Morgan fingerprint density at radius 1 is 1.23 bits per heavy atom. The zero-order chi connectivity index (χ0) is 25.3. The fourth-order valence-corrected chi connectivity index (χ4v) is 5.02. The highest BCUT2D eigenvalue weighted by molar-refractivity contribution is 8.26. The number of amides is 2. The zero-order valence-electron chi connectivity index (χ0n) is 17.9. The first-order chi connectivity index (χ1) is 16.6. The van der Waals surface area contributed by atoms with Crippen LogP contribution in [0.15, 0.2) is 66.2 Å². The van der Waals surface area contributed by atoms with Gasteiger partial charge in [-0.2, -0.15) is 13.2 Å². The Bertz CT molecular complexity index is 1400. The molecule has 1 saturated heterocycles. The van der Waals surface area contributed by atoms with Crippen LogP contribution in [0, 0.1) is 0 Å². The third-order valence-corrected chi connectivity index (χ3v) is 6.88. The molecule has 0 saturated carbocycles. The predicted octanol–water partition coefficient (Wildman–Crippen LogP) is 6.34. The lowest BCUT2D eigenvalue weighted by molar-refractivity contribution is -0.137. The van der Waals surface area contributed by atoms with Crippen molar-refractivity contribution in [3.63, 3.8) is 0 Å². The lowest BCUT2D eigenvalue weighted by atomic mass is 10.1. The maximum atomic E-state index is 13.0. The van der Waals surface area contributed by atoms with Gasteiger partial charge in [-0.05, 0) is 30.3 Å². The van der Waals surface area contributed by atoms with Gasteiger partial charge in [-0.25, -0.2) is 0 Å². The van der Waals surface area contributed by atoms with Gasteiger partial charge in [-0.3, -0.25) is 14.5 Å². The van der Waals surface area contributed by atoms with Gasteiger partial charge in [0.15, 0.2) is 0 Å². The maximum absolute atomic E-state index is 13.0. The summed E-state index contributed by atoms with van der Waals surface area (Å²) >= 11 is 12.5. The lowest BCUT2D eigenvalue weighted by Crippen LogP contribution is -2.27. The van der Waals surface area contributed by atoms with Crippen LogP contribution in [0.25, 0.3) is 17.0 Å². The second kappa shape index (κ2) is 9.88. The van der Waals surface area contributed by atoms with Gasteiger partial charge in [0.05, 0.1) is 21.2 Å². The number of alkyl halides is 3. The van der Waals surface area contributed by atoms with Gasteiger partial charge in [-0.15, -0.1) is 6.58 Å². The van der Waals surface area contributed by atoms with Crippen molar-refractivity contribution in [1.82, 2.24) is 9.47 Å². The maximum Gasteiger partial charge on any atom is 0.416 e. The smallest absolute Gasteiger partial charge is 0.337 e. The van der Waals surface area contributed by atoms with Crippen molar-refractivity contribution in [2.75, 3.05) is 11.9 Å². The minimum absolute atomic E-state index is 0.00838. The Kier molecular flexibility index (Phi) is 7.07. The number of para-hydroxylation sites is 1. The van der Waals surface area contributed by atoms with Crippen LogP contribution in [-0.2, 0) is 22.3 Å². The molecule has 1 fully saturated rings. The third-order valence-electron chi connectivity index (χ3n) is 5.17. The van der Waals surface area contributed by atoms with Crippen molar-refractivity contribution in [3.8, 4) is 0 Å². The van der Waals surface area contributed by atoms with Gasteiger partial charge in [0.25, 0.3) is 5.91 Å². The summed E-state index contributed by atoms with van der Waals surface area (Å²) in [6.07, 6.45) is 0.442. The molecule has 35 heavy (non-hydrogen) atoms. The van der Waals surface area contributed by atoms with Crippen LogP contribution < -0.4 is 5.32 Å². The average molecular weight is 536 g/mol. The van der Waals surface area contributed by atoms with E-state index in [2.05, 4.69) is 11.9 Å². The van der Waals surface area contributed by atoms with Crippen LogP contribution in [0.5, 0.6) is 0 Å². The molecule has 180 valence electrons. The number of carbonyl (C=O) groups is 2. The second-order valence-corrected chi connectivity index (χ2v) is 9.63. The molecule has 5 nitrogen and oxygen atoms in total. The topological polar surface area (TPSA) is 54.3 Å². The van der Waals surface area contributed by atoms with E-state index in [-0.39, 0.29) is 23.2 Å². The number of nitrogens with zero attached hydrogens (tertiary/aromatic N) is 2. The molecule has 0 aliphatic carbocycles. The van der Waals surface area contributed by atoms with Gasteiger partial charge in [-0.1, -0.05) is 59.9 Å². The Labute approximate surface area is 213 Å². The number of rotatable bonds is 6. The first kappa shape index (κ1) is 25.0. The van der Waals surface area contributed by atoms with Crippen LogP contribution >= 0.6 is 35.6 Å². The molecule has 1 aliphatic heterocycles. The van der Waals surface area contributed by atoms with E-state index in [9.17, 15) is 22.8 Å². The van der Waals surface area contributed by atoms with E-state index in [0.29, 0.717) is 26.9 Å². The largest absolute Gasteiger partial charge is 0.416 e. The van der Waals surface area contributed by atoms with Gasteiger partial charge in [0.2, 0.25) is 5.91 Å². The predicted molar refractivity (Wildman–Crippen MR) is 137 cm³/mol. The van der Waals surface area contributed by atoms with Gasteiger partial charge in [0, 0.05) is 29.2 Å². The van der Waals surface area contributed by atoms with Crippen LogP contribution in [0.2, 0.25) is 5.02 Å². The van der Waals surface area contributed by atoms with Crippen molar-refractivity contribution in [2.24, 2.45) is 0 Å². The molecular formula is C24H17ClF3N3O2S2. The molecule has 0 radical (unpaired) electrons. The van der Waals surface area contributed by atoms with Gasteiger partial charge < -0.3 is 9.88 Å². The first-order valence-electron chi connectivity index (χ1n) is 10.2. The van der Waals surface area contributed by atoms with Crippen LogP contribution in [-0.4, -0.2) is 32.1 Å². The Morgan fingerprint density at radius 2 is 1.97 bits per heavy atom. The molecule has 0 unspecified atom stereocenters.